The summed E-state index contributed by atoms with van der Waals surface area (Å²) < 4.78 is 35.5. The predicted molar refractivity (Wildman–Crippen MR) is 55.9 cm³/mol. The van der Waals surface area contributed by atoms with Gasteiger partial charge in [0.1, 0.15) is 0 Å². The molecule has 0 atom stereocenters. The van der Waals surface area contributed by atoms with Crippen molar-refractivity contribution in [1.82, 2.24) is 0 Å². The van der Waals surface area contributed by atoms with E-state index in [1.165, 1.54) is 20.3 Å². The number of benzene rings is 1. The van der Waals surface area contributed by atoms with Gasteiger partial charge in [-0.1, -0.05) is 18.2 Å². The molecule has 0 amide bonds. The van der Waals surface area contributed by atoms with E-state index in [1.807, 2.05) is 0 Å². The van der Waals surface area contributed by atoms with Gasteiger partial charge < -0.3 is 9.47 Å². The third-order valence-corrected chi connectivity index (χ3v) is 2.89. The van der Waals surface area contributed by atoms with Crippen LogP contribution in [0.15, 0.2) is 22.7 Å². The van der Waals surface area contributed by atoms with Gasteiger partial charge in [-0.25, -0.2) is 8.78 Å². The molecule has 0 aliphatic heterocycles. The Hall–Kier alpha value is -0.520. The molecule has 0 saturated heterocycles. The van der Waals surface area contributed by atoms with Gasteiger partial charge in [-0.3, -0.25) is 0 Å². The van der Waals surface area contributed by atoms with Crippen LogP contribution < -0.4 is 0 Å². The lowest BCUT2D eigenvalue weighted by atomic mass is 10.1. The highest BCUT2D eigenvalue weighted by molar-refractivity contribution is 9.10. The first-order chi connectivity index (χ1) is 7.11. The molecule has 0 aliphatic carbocycles. The third-order valence-electron chi connectivity index (χ3n) is 1.98. The van der Waals surface area contributed by atoms with Gasteiger partial charge in [-0.15, -0.1) is 0 Å². The molecule has 0 heterocycles. The molecule has 1 aromatic carbocycles. The Morgan fingerprint density at radius 2 is 1.67 bits per heavy atom. The van der Waals surface area contributed by atoms with Crippen LogP contribution in [0.1, 0.15) is 23.8 Å². The minimum atomic E-state index is -2.52. The average Bonchev–Trinajstić information content (AvgIpc) is 2.21. The first kappa shape index (κ1) is 12.5. The summed E-state index contributed by atoms with van der Waals surface area (Å²) in [6.45, 7) is 0. The van der Waals surface area contributed by atoms with Crippen molar-refractivity contribution in [2.75, 3.05) is 14.2 Å². The van der Waals surface area contributed by atoms with E-state index in [1.54, 1.807) is 12.1 Å². The van der Waals surface area contributed by atoms with Crippen molar-refractivity contribution in [3.05, 3.63) is 33.8 Å². The summed E-state index contributed by atoms with van der Waals surface area (Å²) in [7, 11) is 2.91. The Kier molecular flexibility index (Phi) is 4.63. The zero-order chi connectivity index (χ0) is 11.4. The average molecular weight is 281 g/mol. The second kappa shape index (κ2) is 5.53. The molecule has 0 N–H and O–H groups in total. The zero-order valence-corrected chi connectivity index (χ0v) is 9.92. The van der Waals surface area contributed by atoms with Crippen molar-refractivity contribution in [1.29, 1.82) is 0 Å². The number of methoxy groups -OCH3 is 2. The van der Waals surface area contributed by atoms with Gasteiger partial charge in [-0.05, 0) is 15.9 Å². The maximum absolute atomic E-state index is 12.6. The predicted octanol–water partition coefficient (Wildman–Crippen LogP) is 3.68. The van der Waals surface area contributed by atoms with E-state index in [-0.39, 0.29) is 5.56 Å². The lowest BCUT2D eigenvalue weighted by Crippen LogP contribution is -2.05. The molecule has 0 aromatic heterocycles. The van der Waals surface area contributed by atoms with Gasteiger partial charge in [0, 0.05) is 29.8 Å². The maximum Gasteiger partial charge on any atom is 0.264 e. The monoisotopic (exact) mass is 280 g/mol. The van der Waals surface area contributed by atoms with Crippen molar-refractivity contribution in [3.8, 4) is 0 Å². The van der Waals surface area contributed by atoms with Gasteiger partial charge in [0.2, 0.25) is 0 Å². The molecular formula is C10H11BrF2O2. The van der Waals surface area contributed by atoms with Crippen molar-refractivity contribution in [2.24, 2.45) is 0 Å². The van der Waals surface area contributed by atoms with Gasteiger partial charge in [0.15, 0.2) is 6.29 Å². The summed E-state index contributed by atoms with van der Waals surface area (Å²) in [4.78, 5) is 0. The molecule has 0 aliphatic rings. The molecule has 0 bridgehead atoms. The van der Waals surface area contributed by atoms with Crippen molar-refractivity contribution < 1.29 is 18.3 Å². The Morgan fingerprint density at radius 3 is 2.13 bits per heavy atom. The van der Waals surface area contributed by atoms with E-state index < -0.39 is 12.7 Å². The van der Waals surface area contributed by atoms with E-state index >= 15 is 0 Å². The van der Waals surface area contributed by atoms with Crippen molar-refractivity contribution in [2.45, 2.75) is 12.7 Å². The van der Waals surface area contributed by atoms with Crippen LogP contribution >= 0.6 is 15.9 Å². The number of halogens is 3. The minimum absolute atomic E-state index is 0.0633. The number of hydrogen-bond donors (Lipinski definition) is 0. The molecule has 2 nitrogen and oxygen atoms in total. The Bertz CT molecular complexity index is 327. The normalized spacial score (nSPS) is 11.4. The van der Waals surface area contributed by atoms with Gasteiger partial charge in [-0.2, -0.15) is 0 Å². The maximum atomic E-state index is 12.6. The molecule has 84 valence electrons. The SMILES string of the molecule is COC(OC)c1cccc(C(F)F)c1Br. The summed E-state index contributed by atoms with van der Waals surface area (Å²) in [5, 5.41) is 0. The fraction of sp³-hybridized carbons (Fsp3) is 0.400. The van der Waals surface area contributed by atoms with Crippen LogP contribution in [-0.4, -0.2) is 14.2 Å². The number of hydrogen-bond acceptors (Lipinski definition) is 2. The Balaban J connectivity index is 3.14. The molecule has 0 saturated carbocycles. The molecular weight excluding hydrogens is 270 g/mol. The fourth-order valence-electron chi connectivity index (χ4n) is 1.27. The first-order valence-electron chi connectivity index (χ1n) is 4.23. The third kappa shape index (κ3) is 2.74. The molecule has 5 heteroatoms. The van der Waals surface area contributed by atoms with E-state index in [2.05, 4.69) is 15.9 Å². The smallest absolute Gasteiger partial charge is 0.264 e. The largest absolute Gasteiger partial charge is 0.352 e. The molecule has 1 aromatic rings. The summed E-state index contributed by atoms with van der Waals surface area (Å²) in [5.74, 6) is 0. The fourth-order valence-corrected chi connectivity index (χ4v) is 1.89. The van der Waals surface area contributed by atoms with Crippen LogP contribution in [0.4, 0.5) is 8.78 Å². The molecule has 0 radical (unpaired) electrons. The molecule has 0 unspecified atom stereocenters. The highest BCUT2D eigenvalue weighted by Crippen LogP contribution is 2.34. The first-order valence-corrected chi connectivity index (χ1v) is 5.03. The molecule has 15 heavy (non-hydrogen) atoms. The quantitative estimate of drug-likeness (QED) is 0.784. The summed E-state index contributed by atoms with van der Waals surface area (Å²) in [6.07, 6.45) is -3.16. The van der Waals surface area contributed by atoms with Gasteiger partial charge in [0.25, 0.3) is 6.43 Å². The van der Waals surface area contributed by atoms with Gasteiger partial charge >= 0.3 is 0 Å². The van der Waals surface area contributed by atoms with Crippen molar-refractivity contribution in [3.63, 3.8) is 0 Å². The summed E-state index contributed by atoms with van der Waals surface area (Å²) in [5.41, 5.74) is 0.490. The van der Waals surface area contributed by atoms with Crippen LogP contribution in [0.2, 0.25) is 0 Å². The number of rotatable bonds is 4. The second-order valence-corrected chi connectivity index (χ2v) is 3.65. The van der Waals surface area contributed by atoms with E-state index in [0.717, 1.165) is 0 Å². The van der Waals surface area contributed by atoms with Crippen molar-refractivity contribution >= 4 is 15.9 Å². The molecule has 0 spiro atoms. The van der Waals surface area contributed by atoms with Crippen LogP contribution in [0.25, 0.3) is 0 Å². The lowest BCUT2D eigenvalue weighted by Gasteiger charge is -2.16. The summed E-state index contributed by atoms with van der Waals surface area (Å²) >= 11 is 3.12. The van der Waals surface area contributed by atoms with Crippen LogP contribution in [-0.2, 0) is 9.47 Å². The van der Waals surface area contributed by atoms with E-state index in [9.17, 15) is 8.78 Å². The van der Waals surface area contributed by atoms with Crippen LogP contribution in [0.5, 0.6) is 0 Å². The topological polar surface area (TPSA) is 18.5 Å². The number of ether oxygens (including phenoxy) is 2. The number of alkyl halides is 2. The lowest BCUT2D eigenvalue weighted by molar-refractivity contribution is -0.106. The summed E-state index contributed by atoms with van der Waals surface area (Å²) in [6, 6.07) is 4.58. The Morgan fingerprint density at radius 1 is 1.13 bits per heavy atom. The highest BCUT2D eigenvalue weighted by atomic mass is 79.9. The zero-order valence-electron chi connectivity index (χ0n) is 8.34. The minimum Gasteiger partial charge on any atom is -0.352 e. The van der Waals surface area contributed by atoms with E-state index in [0.29, 0.717) is 10.0 Å². The molecule has 1 rings (SSSR count). The van der Waals surface area contributed by atoms with Gasteiger partial charge in [0.05, 0.1) is 0 Å². The molecule has 0 fully saturated rings. The van der Waals surface area contributed by atoms with Crippen LogP contribution in [0, 0.1) is 0 Å². The standard InChI is InChI=1S/C10H11BrF2O2/c1-14-10(15-2)7-5-3-4-6(8(7)11)9(12)13/h3-5,9-10H,1-2H3. The second-order valence-electron chi connectivity index (χ2n) is 2.85. The Labute approximate surface area is 95.3 Å². The highest BCUT2D eigenvalue weighted by Gasteiger charge is 2.19. The van der Waals surface area contributed by atoms with E-state index in [4.69, 9.17) is 9.47 Å². The van der Waals surface area contributed by atoms with Crippen LogP contribution in [0.3, 0.4) is 0 Å².